The van der Waals surface area contributed by atoms with E-state index < -0.39 is 15.9 Å². The van der Waals surface area contributed by atoms with Crippen LogP contribution in [0.15, 0.2) is 51.9 Å². The molecule has 35 heavy (non-hydrogen) atoms. The second kappa shape index (κ2) is 10.4. The molecule has 0 spiro atoms. The van der Waals surface area contributed by atoms with Crippen molar-refractivity contribution in [2.24, 2.45) is 5.92 Å². The fourth-order valence-corrected chi connectivity index (χ4v) is 6.16. The highest BCUT2D eigenvalue weighted by Gasteiger charge is 2.37. The van der Waals surface area contributed by atoms with Gasteiger partial charge in [0.25, 0.3) is 0 Å². The van der Waals surface area contributed by atoms with Crippen LogP contribution in [0, 0.1) is 26.7 Å². The molecule has 7 nitrogen and oxygen atoms in total. The van der Waals surface area contributed by atoms with E-state index in [2.05, 4.69) is 10.5 Å². The highest BCUT2D eigenvalue weighted by molar-refractivity contribution is 7.89. The summed E-state index contributed by atoms with van der Waals surface area (Å²) in [5.74, 6) is -0.579. The maximum Gasteiger partial charge on any atom is 0.248 e. The van der Waals surface area contributed by atoms with E-state index in [9.17, 15) is 13.2 Å². The van der Waals surface area contributed by atoms with Gasteiger partial charge in [-0.2, -0.15) is 4.31 Å². The van der Waals surface area contributed by atoms with Gasteiger partial charge in [0.05, 0.1) is 16.6 Å². The van der Waals surface area contributed by atoms with Crippen LogP contribution in [0.5, 0.6) is 0 Å². The smallest absolute Gasteiger partial charge is 0.248 e. The Morgan fingerprint density at radius 1 is 1.17 bits per heavy atom. The fourth-order valence-electron chi connectivity index (χ4n) is 4.20. The number of carbonyl (C=O) groups excluding carboxylic acids is 1. The van der Waals surface area contributed by atoms with Crippen molar-refractivity contribution in [3.05, 3.63) is 75.6 Å². The van der Waals surface area contributed by atoms with E-state index in [1.807, 2.05) is 38.1 Å². The van der Waals surface area contributed by atoms with E-state index in [0.717, 1.165) is 16.7 Å². The number of rotatable bonds is 6. The molecular formula is C26H28ClN3O4S. The quantitative estimate of drug-likeness (QED) is 0.472. The van der Waals surface area contributed by atoms with Crippen LogP contribution in [0.3, 0.4) is 0 Å². The van der Waals surface area contributed by atoms with Crippen molar-refractivity contribution in [1.29, 1.82) is 0 Å². The molecule has 3 aromatic rings. The van der Waals surface area contributed by atoms with Gasteiger partial charge in [-0.1, -0.05) is 58.7 Å². The van der Waals surface area contributed by atoms with E-state index in [4.69, 9.17) is 16.1 Å². The van der Waals surface area contributed by atoms with Crippen molar-refractivity contribution in [3.63, 3.8) is 0 Å². The van der Waals surface area contributed by atoms with Crippen LogP contribution in [0.4, 0.5) is 5.69 Å². The Morgan fingerprint density at radius 2 is 1.94 bits per heavy atom. The third-order valence-corrected chi connectivity index (χ3v) is 8.52. The number of benzene rings is 2. The zero-order chi connectivity index (χ0) is 25.2. The Balaban J connectivity index is 1.56. The minimum atomic E-state index is -3.93. The number of para-hydroxylation sites is 1. The largest absolute Gasteiger partial charge is 0.355 e. The minimum absolute atomic E-state index is 0.0335. The lowest BCUT2D eigenvalue weighted by Gasteiger charge is -2.31. The molecule has 9 heteroatoms. The van der Waals surface area contributed by atoms with Crippen molar-refractivity contribution in [1.82, 2.24) is 9.46 Å². The molecule has 1 amide bonds. The molecule has 0 aliphatic carbocycles. The first kappa shape index (κ1) is 25.2. The molecule has 0 unspecified atom stereocenters. The van der Waals surface area contributed by atoms with Crippen LogP contribution in [0.1, 0.15) is 41.0 Å². The van der Waals surface area contributed by atoms with Crippen LogP contribution in [0.2, 0.25) is 5.02 Å². The van der Waals surface area contributed by atoms with E-state index in [1.54, 1.807) is 37.3 Å². The molecule has 0 saturated carbocycles. The highest BCUT2D eigenvalue weighted by Crippen LogP contribution is 2.30. The molecular weight excluding hydrogens is 486 g/mol. The SMILES string of the molecule is Cc1ccc(C)c(/C=C/c2onc(C)c2S(=O)(=O)N2CCC[C@H](C(=O)Nc3ccccc3Cl)C2)c1. The van der Waals surface area contributed by atoms with Crippen LogP contribution < -0.4 is 5.32 Å². The monoisotopic (exact) mass is 513 g/mol. The van der Waals surface area contributed by atoms with Gasteiger partial charge in [-0.3, -0.25) is 4.79 Å². The molecule has 184 valence electrons. The van der Waals surface area contributed by atoms with Gasteiger partial charge in [0.1, 0.15) is 5.69 Å². The lowest BCUT2D eigenvalue weighted by molar-refractivity contribution is -0.120. The topological polar surface area (TPSA) is 92.5 Å². The maximum atomic E-state index is 13.6. The second-order valence-corrected chi connectivity index (χ2v) is 11.1. The predicted octanol–water partition coefficient (Wildman–Crippen LogP) is 5.46. The second-order valence-electron chi connectivity index (χ2n) is 8.83. The maximum absolute atomic E-state index is 13.6. The number of carbonyl (C=O) groups is 1. The van der Waals surface area contributed by atoms with Crippen LogP contribution in [-0.2, 0) is 14.8 Å². The molecule has 1 fully saturated rings. The Kier molecular flexibility index (Phi) is 7.44. The lowest BCUT2D eigenvalue weighted by Crippen LogP contribution is -2.43. The number of piperidine rings is 1. The summed E-state index contributed by atoms with van der Waals surface area (Å²) < 4.78 is 34.0. The zero-order valence-electron chi connectivity index (χ0n) is 19.9. The first-order chi connectivity index (χ1) is 16.7. The summed E-state index contributed by atoms with van der Waals surface area (Å²) in [5, 5.41) is 7.18. The van der Waals surface area contributed by atoms with Crippen molar-refractivity contribution < 1.29 is 17.7 Å². The van der Waals surface area contributed by atoms with Gasteiger partial charge >= 0.3 is 0 Å². The van der Waals surface area contributed by atoms with Crippen molar-refractivity contribution in [3.8, 4) is 0 Å². The minimum Gasteiger partial charge on any atom is -0.355 e. The standard InChI is InChI=1S/C26H28ClN3O4S/c1-17-10-11-18(2)20(15-17)12-13-24-25(19(3)29-34-24)35(32,33)30-14-6-7-21(16-30)26(31)28-23-9-5-4-8-22(23)27/h4-5,8-13,15,21H,6-7,14,16H2,1-3H3,(H,28,31)/b13-12+/t21-/m0/s1. The van der Waals surface area contributed by atoms with Crippen LogP contribution in [0.25, 0.3) is 12.2 Å². The summed E-state index contributed by atoms with van der Waals surface area (Å²) in [5.41, 5.74) is 3.93. The van der Waals surface area contributed by atoms with Gasteiger partial charge < -0.3 is 9.84 Å². The van der Waals surface area contributed by atoms with Gasteiger partial charge in [0.15, 0.2) is 10.7 Å². The third-order valence-electron chi connectivity index (χ3n) is 6.17. The van der Waals surface area contributed by atoms with Gasteiger partial charge in [0.2, 0.25) is 15.9 Å². The number of hydrogen-bond donors (Lipinski definition) is 1. The van der Waals surface area contributed by atoms with Gasteiger partial charge in [0, 0.05) is 13.1 Å². The molecule has 1 atom stereocenters. The van der Waals surface area contributed by atoms with Gasteiger partial charge in [-0.05, 0) is 62.9 Å². The molecule has 1 aliphatic rings. The Labute approximate surface area is 210 Å². The van der Waals surface area contributed by atoms with E-state index >= 15 is 0 Å². The number of aromatic nitrogens is 1. The molecule has 1 aromatic heterocycles. The average molecular weight is 514 g/mol. The number of halogens is 1. The van der Waals surface area contributed by atoms with Crippen molar-refractivity contribution >= 4 is 45.4 Å². The summed E-state index contributed by atoms with van der Waals surface area (Å²) in [7, 11) is -3.93. The first-order valence-electron chi connectivity index (χ1n) is 11.4. The number of amides is 1. The van der Waals surface area contributed by atoms with E-state index in [0.29, 0.717) is 30.1 Å². The number of aryl methyl sites for hydroxylation is 3. The van der Waals surface area contributed by atoms with E-state index in [1.165, 1.54) is 4.31 Å². The Hall–Kier alpha value is -2.94. The van der Waals surface area contributed by atoms with Crippen molar-refractivity contribution in [2.45, 2.75) is 38.5 Å². The highest BCUT2D eigenvalue weighted by atomic mass is 35.5. The molecule has 2 aromatic carbocycles. The molecule has 2 heterocycles. The average Bonchev–Trinajstić information content (AvgIpc) is 3.22. The number of nitrogens with one attached hydrogen (secondary N) is 1. The van der Waals surface area contributed by atoms with E-state index in [-0.39, 0.29) is 28.8 Å². The molecule has 1 N–H and O–H groups in total. The third kappa shape index (κ3) is 5.50. The van der Waals surface area contributed by atoms with Crippen LogP contribution >= 0.6 is 11.6 Å². The number of nitrogens with zero attached hydrogens (tertiary/aromatic N) is 2. The number of sulfonamides is 1. The summed E-state index contributed by atoms with van der Waals surface area (Å²) >= 11 is 6.16. The number of hydrogen-bond acceptors (Lipinski definition) is 5. The Bertz CT molecular complexity index is 1380. The zero-order valence-corrected chi connectivity index (χ0v) is 21.5. The van der Waals surface area contributed by atoms with Crippen molar-refractivity contribution in [2.75, 3.05) is 18.4 Å². The summed E-state index contributed by atoms with van der Waals surface area (Å²) in [6, 6.07) is 13.0. The molecule has 4 rings (SSSR count). The van der Waals surface area contributed by atoms with Gasteiger partial charge in [-0.25, -0.2) is 8.42 Å². The normalized spacial score (nSPS) is 17.1. The Morgan fingerprint density at radius 3 is 2.71 bits per heavy atom. The summed E-state index contributed by atoms with van der Waals surface area (Å²) in [4.78, 5) is 12.9. The van der Waals surface area contributed by atoms with Crippen LogP contribution in [-0.4, -0.2) is 36.9 Å². The fraction of sp³-hybridized carbons (Fsp3) is 0.308. The molecule has 1 saturated heterocycles. The van der Waals surface area contributed by atoms with Gasteiger partial charge in [-0.15, -0.1) is 0 Å². The molecule has 1 aliphatic heterocycles. The summed E-state index contributed by atoms with van der Waals surface area (Å²) in [6.45, 7) is 5.99. The lowest BCUT2D eigenvalue weighted by atomic mass is 9.99. The number of anilines is 1. The predicted molar refractivity (Wildman–Crippen MR) is 138 cm³/mol. The summed E-state index contributed by atoms with van der Waals surface area (Å²) in [6.07, 6.45) is 4.62. The first-order valence-corrected chi connectivity index (χ1v) is 13.3. The molecule has 0 bridgehead atoms. The molecule has 0 radical (unpaired) electrons.